The van der Waals surface area contributed by atoms with E-state index in [0.717, 1.165) is 18.3 Å². The highest BCUT2D eigenvalue weighted by molar-refractivity contribution is 5.66. The average Bonchev–Trinajstić information content (AvgIpc) is 2.27. The zero-order valence-corrected chi connectivity index (χ0v) is 13.6. The molecule has 0 saturated heterocycles. The van der Waals surface area contributed by atoms with Crippen molar-refractivity contribution in [2.45, 2.75) is 79.6 Å². The van der Waals surface area contributed by atoms with Crippen molar-refractivity contribution >= 4 is 5.97 Å². The second kappa shape index (κ2) is 10.3. The molecule has 2 nitrogen and oxygen atoms in total. The molecule has 1 N–H and O–H groups in total. The van der Waals surface area contributed by atoms with E-state index < -0.39 is 5.97 Å². The van der Waals surface area contributed by atoms with E-state index in [1.165, 1.54) is 32.1 Å². The van der Waals surface area contributed by atoms with Crippen molar-refractivity contribution in [1.82, 2.24) is 0 Å². The summed E-state index contributed by atoms with van der Waals surface area (Å²) >= 11 is 0. The molecular weight excluding hydrogens is 236 g/mol. The van der Waals surface area contributed by atoms with Gasteiger partial charge in [0.1, 0.15) is 0 Å². The summed E-state index contributed by atoms with van der Waals surface area (Å²) in [5.41, 5.74) is 0. The van der Waals surface area contributed by atoms with Crippen molar-refractivity contribution in [3.8, 4) is 0 Å². The molecule has 0 aliphatic rings. The Morgan fingerprint density at radius 2 is 1.37 bits per heavy atom. The first-order valence-electron chi connectivity index (χ1n) is 8.06. The predicted octanol–water partition coefficient (Wildman–Crippen LogP) is 5.37. The number of carboxylic acids is 1. The van der Waals surface area contributed by atoms with E-state index in [-0.39, 0.29) is 0 Å². The molecule has 0 fully saturated rings. The lowest BCUT2D eigenvalue weighted by molar-refractivity contribution is -0.138. The lowest BCUT2D eigenvalue weighted by Crippen LogP contribution is -2.09. The Morgan fingerprint density at radius 1 is 0.895 bits per heavy atom. The Balaban J connectivity index is 3.67. The minimum Gasteiger partial charge on any atom is -0.481 e. The van der Waals surface area contributed by atoms with Crippen LogP contribution in [0.4, 0.5) is 0 Å². The first-order chi connectivity index (χ1) is 8.85. The highest BCUT2D eigenvalue weighted by atomic mass is 16.4. The maximum absolute atomic E-state index is 10.6. The average molecular weight is 270 g/mol. The number of hydrogen-bond acceptors (Lipinski definition) is 1. The van der Waals surface area contributed by atoms with Crippen molar-refractivity contribution < 1.29 is 9.90 Å². The molecule has 0 aliphatic carbocycles. The summed E-state index contributed by atoms with van der Waals surface area (Å²) in [5, 5.41) is 8.75. The third kappa shape index (κ3) is 11.0. The number of aliphatic carboxylic acids is 1. The van der Waals surface area contributed by atoms with E-state index in [9.17, 15) is 4.79 Å². The molecule has 0 radical (unpaired) electrons. The molecule has 0 aromatic heterocycles. The lowest BCUT2D eigenvalue weighted by Gasteiger charge is -2.18. The van der Waals surface area contributed by atoms with E-state index in [1.807, 2.05) is 0 Å². The maximum atomic E-state index is 10.6. The van der Waals surface area contributed by atoms with Crippen molar-refractivity contribution in [3.05, 3.63) is 0 Å². The van der Waals surface area contributed by atoms with Crippen molar-refractivity contribution in [2.24, 2.45) is 23.7 Å². The van der Waals surface area contributed by atoms with Gasteiger partial charge in [0.05, 0.1) is 0 Å². The van der Waals surface area contributed by atoms with Crippen LogP contribution in [0.5, 0.6) is 0 Å². The monoisotopic (exact) mass is 270 g/mol. The van der Waals surface area contributed by atoms with Crippen molar-refractivity contribution in [3.63, 3.8) is 0 Å². The van der Waals surface area contributed by atoms with Crippen LogP contribution < -0.4 is 0 Å². The molecule has 2 heteroatoms. The van der Waals surface area contributed by atoms with Gasteiger partial charge in [-0.25, -0.2) is 0 Å². The fourth-order valence-electron chi connectivity index (χ4n) is 2.97. The maximum Gasteiger partial charge on any atom is 0.303 e. The quantitative estimate of drug-likeness (QED) is 0.548. The van der Waals surface area contributed by atoms with Crippen LogP contribution in [0.15, 0.2) is 0 Å². The molecular formula is C17H34O2. The molecule has 0 spiro atoms. The molecule has 114 valence electrons. The summed E-state index contributed by atoms with van der Waals surface area (Å²) < 4.78 is 0. The standard InChI is InChI=1S/C17H34O2/c1-6-13(2)10-14(3)8-7-9-15(4)11-16(5)12-17(18)19/h13-16H,6-12H2,1-5H3,(H,18,19). The Hall–Kier alpha value is -0.530. The molecule has 0 aromatic rings. The number of carbonyl (C=O) groups is 1. The van der Waals surface area contributed by atoms with E-state index in [4.69, 9.17) is 5.11 Å². The third-order valence-electron chi connectivity index (χ3n) is 4.22. The number of carboxylic acid groups (broad SMARTS) is 1. The van der Waals surface area contributed by atoms with Gasteiger partial charge < -0.3 is 5.11 Å². The normalized spacial score (nSPS) is 17.7. The van der Waals surface area contributed by atoms with E-state index in [2.05, 4.69) is 34.6 Å². The Morgan fingerprint density at radius 3 is 1.79 bits per heavy atom. The summed E-state index contributed by atoms with van der Waals surface area (Å²) in [6, 6.07) is 0. The topological polar surface area (TPSA) is 37.3 Å². The second-order valence-electron chi connectivity index (χ2n) is 6.83. The second-order valence-corrected chi connectivity index (χ2v) is 6.83. The number of hydrogen-bond donors (Lipinski definition) is 1. The Labute approximate surface area is 120 Å². The molecule has 4 unspecified atom stereocenters. The van der Waals surface area contributed by atoms with Gasteiger partial charge in [-0.2, -0.15) is 0 Å². The highest BCUT2D eigenvalue weighted by Gasteiger charge is 2.13. The SMILES string of the molecule is CCC(C)CC(C)CCCC(C)CC(C)CC(=O)O. The van der Waals surface area contributed by atoms with Gasteiger partial charge in [0.2, 0.25) is 0 Å². The fourth-order valence-corrected chi connectivity index (χ4v) is 2.97. The van der Waals surface area contributed by atoms with Crippen LogP contribution >= 0.6 is 0 Å². The Kier molecular flexibility index (Phi) is 9.99. The van der Waals surface area contributed by atoms with Crippen LogP contribution in [0.25, 0.3) is 0 Å². The zero-order valence-electron chi connectivity index (χ0n) is 13.6. The van der Waals surface area contributed by atoms with Crippen LogP contribution in [0.1, 0.15) is 79.6 Å². The van der Waals surface area contributed by atoms with Gasteiger partial charge in [0.15, 0.2) is 0 Å². The zero-order chi connectivity index (χ0) is 14.8. The van der Waals surface area contributed by atoms with Gasteiger partial charge in [-0.15, -0.1) is 0 Å². The predicted molar refractivity (Wildman–Crippen MR) is 82.3 cm³/mol. The third-order valence-corrected chi connectivity index (χ3v) is 4.22. The lowest BCUT2D eigenvalue weighted by atomic mass is 9.87. The molecule has 19 heavy (non-hydrogen) atoms. The minimum absolute atomic E-state index is 0.310. The van der Waals surface area contributed by atoms with Gasteiger partial charge in [0, 0.05) is 6.42 Å². The van der Waals surface area contributed by atoms with Crippen molar-refractivity contribution in [1.29, 1.82) is 0 Å². The Bertz CT molecular complexity index is 237. The van der Waals surface area contributed by atoms with Crippen LogP contribution in [0.3, 0.4) is 0 Å². The first kappa shape index (κ1) is 18.5. The molecule has 0 rings (SSSR count). The molecule has 4 atom stereocenters. The van der Waals surface area contributed by atoms with Gasteiger partial charge in [-0.1, -0.05) is 60.3 Å². The molecule has 0 amide bonds. The summed E-state index contributed by atoms with van der Waals surface area (Å²) in [6.07, 6.45) is 7.85. The van der Waals surface area contributed by atoms with Gasteiger partial charge >= 0.3 is 5.97 Å². The molecule has 0 saturated carbocycles. The summed E-state index contributed by atoms with van der Waals surface area (Å²) in [4.78, 5) is 10.6. The van der Waals surface area contributed by atoms with E-state index in [0.29, 0.717) is 18.3 Å². The fraction of sp³-hybridized carbons (Fsp3) is 0.941. The van der Waals surface area contributed by atoms with Crippen LogP contribution in [0.2, 0.25) is 0 Å². The minimum atomic E-state index is -0.665. The van der Waals surface area contributed by atoms with Gasteiger partial charge in [-0.05, 0) is 36.5 Å². The smallest absolute Gasteiger partial charge is 0.303 e. The van der Waals surface area contributed by atoms with Crippen LogP contribution in [-0.4, -0.2) is 11.1 Å². The number of rotatable bonds is 11. The molecule has 0 aliphatic heterocycles. The van der Waals surface area contributed by atoms with Gasteiger partial charge in [-0.3, -0.25) is 4.79 Å². The molecule has 0 aromatic carbocycles. The van der Waals surface area contributed by atoms with Crippen LogP contribution in [0, 0.1) is 23.7 Å². The summed E-state index contributed by atoms with van der Waals surface area (Å²) in [7, 11) is 0. The largest absolute Gasteiger partial charge is 0.481 e. The molecule has 0 heterocycles. The van der Waals surface area contributed by atoms with Gasteiger partial charge in [0.25, 0.3) is 0 Å². The van der Waals surface area contributed by atoms with Crippen molar-refractivity contribution in [2.75, 3.05) is 0 Å². The highest BCUT2D eigenvalue weighted by Crippen LogP contribution is 2.24. The van der Waals surface area contributed by atoms with Crippen LogP contribution in [-0.2, 0) is 4.79 Å². The molecule has 0 bridgehead atoms. The summed E-state index contributed by atoms with van der Waals surface area (Å²) in [6.45, 7) is 11.3. The van der Waals surface area contributed by atoms with E-state index in [1.54, 1.807) is 0 Å². The van der Waals surface area contributed by atoms with E-state index >= 15 is 0 Å². The summed E-state index contributed by atoms with van der Waals surface area (Å²) in [5.74, 6) is 1.98. The first-order valence-corrected chi connectivity index (χ1v) is 8.06.